The van der Waals surface area contributed by atoms with E-state index in [1.165, 1.54) is 0 Å². The largest absolute Gasteiger partial charge is 0.478 e. The van der Waals surface area contributed by atoms with Gasteiger partial charge in [0.2, 0.25) is 0 Å². The van der Waals surface area contributed by atoms with Gasteiger partial charge in [0, 0.05) is 16.1 Å². The summed E-state index contributed by atoms with van der Waals surface area (Å²) in [6.07, 6.45) is 1.81. The highest BCUT2D eigenvalue weighted by atomic mass is 79.9. The van der Waals surface area contributed by atoms with Crippen molar-refractivity contribution >= 4 is 32.8 Å². The van der Waals surface area contributed by atoms with Crippen LogP contribution in [0.3, 0.4) is 0 Å². The molecule has 0 spiro atoms. The van der Waals surface area contributed by atoms with Crippen molar-refractivity contribution in [3.63, 3.8) is 0 Å². The molecule has 1 heterocycles. The van der Waals surface area contributed by atoms with Crippen LogP contribution in [-0.4, -0.2) is 16.1 Å². The summed E-state index contributed by atoms with van der Waals surface area (Å²) in [6, 6.07) is 3.34. The van der Waals surface area contributed by atoms with E-state index in [0.29, 0.717) is 11.1 Å². The fourth-order valence-corrected chi connectivity index (χ4v) is 2.19. The number of carbonyl (C=O) groups is 1. The van der Waals surface area contributed by atoms with Crippen LogP contribution in [0.25, 0.3) is 10.9 Å². The summed E-state index contributed by atoms with van der Waals surface area (Å²) < 4.78 is 0.913. The first-order valence-electron chi connectivity index (χ1n) is 4.10. The highest BCUT2D eigenvalue weighted by Gasteiger charge is 2.12. The quantitative estimate of drug-likeness (QED) is 0.821. The number of halogens is 1. The molecule has 4 heteroatoms. The lowest BCUT2D eigenvalue weighted by atomic mass is 10.1. The lowest BCUT2D eigenvalue weighted by molar-refractivity contribution is 0.0699. The SMILES string of the molecule is Cc1c[nH]c2c(C(=O)O)ccc(Br)c12. The summed E-state index contributed by atoms with van der Waals surface area (Å²) in [6.45, 7) is 1.94. The number of fused-ring (bicyclic) bond motifs is 1. The minimum atomic E-state index is -0.913. The molecule has 0 aliphatic heterocycles. The number of nitrogens with one attached hydrogen (secondary N) is 1. The summed E-state index contributed by atoms with van der Waals surface area (Å²) in [4.78, 5) is 13.9. The number of H-pyrrole nitrogens is 1. The highest BCUT2D eigenvalue weighted by Crippen LogP contribution is 2.29. The predicted molar refractivity (Wildman–Crippen MR) is 57.7 cm³/mol. The number of hydrogen-bond donors (Lipinski definition) is 2. The Morgan fingerprint density at radius 1 is 1.50 bits per heavy atom. The first kappa shape index (κ1) is 9.27. The number of benzene rings is 1. The maximum absolute atomic E-state index is 10.9. The van der Waals surface area contributed by atoms with E-state index in [0.717, 1.165) is 15.4 Å². The zero-order valence-electron chi connectivity index (χ0n) is 7.47. The standard InChI is InChI=1S/C10H8BrNO2/c1-5-4-12-9-6(10(13)14)2-3-7(11)8(5)9/h2-4,12H,1H3,(H,13,14). The molecule has 0 saturated carbocycles. The van der Waals surface area contributed by atoms with E-state index in [1.807, 2.05) is 13.1 Å². The molecule has 0 bridgehead atoms. The number of hydrogen-bond acceptors (Lipinski definition) is 1. The van der Waals surface area contributed by atoms with E-state index in [-0.39, 0.29) is 0 Å². The van der Waals surface area contributed by atoms with E-state index in [4.69, 9.17) is 5.11 Å². The van der Waals surface area contributed by atoms with Crippen LogP contribution in [0.2, 0.25) is 0 Å². The molecular formula is C10H8BrNO2. The first-order valence-corrected chi connectivity index (χ1v) is 4.90. The molecule has 0 radical (unpaired) electrons. The topological polar surface area (TPSA) is 53.1 Å². The van der Waals surface area contributed by atoms with Crippen LogP contribution in [0.15, 0.2) is 22.8 Å². The summed E-state index contributed by atoms with van der Waals surface area (Å²) in [7, 11) is 0. The number of carboxylic acid groups (broad SMARTS) is 1. The maximum Gasteiger partial charge on any atom is 0.337 e. The monoisotopic (exact) mass is 253 g/mol. The van der Waals surface area contributed by atoms with E-state index < -0.39 is 5.97 Å². The van der Waals surface area contributed by atoms with Crippen molar-refractivity contribution < 1.29 is 9.90 Å². The van der Waals surface area contributed by atoms with E-state index in [2.05, 4.69) is 20.9 Å². The Kier molecular flexibility index (Phi) is 2.07. The second kappa shape index (κ2) is 3.13. The van der Waals surface area contributed by atoms with Crippen molar-refractivity contribution in [2.75, 3.05) is 0 Å². The summed E-state index contributed by atoms with van der Waals surface area (Å²) in [5.41, 5.74) is 2.01. The number of aryl methyl sites for hydroxylation is 1. The van der Waals surface area contributed by atoms with Crippen molar-refractivity contribution in [3.05, 3.63) is 33.9 Å². The molecule has 2 rings (SSSR count). The van der Waals surface area contributed by atoms with Gasteiger partial charge in [-0.2, -0.15) is 0 Å². The average Bonchev–Trinajstić information content (AvgIpc) is 2.49. The molecule has 2 N–H and O–H groups in total. The van der Waals surface area contributed by atoms with Gasteiger partial charge in [-0.1, -0.05) is 15.9 Å². The molecule has 0 atom stereocenters. The molecule has 0 aliphatic carbocycles. The number of aromatic amines is 1. The molecular weight excluding hydrogens is 246 g/mol. The smallest absolute Gasteiger partial charge is 0.337 e. The van der Waals surface area contributed by atoms with Crippen LogP contribution in [0, 0.1) is 6.92 Å². The number of rotatable bonds is 1. The van der Waals surface area contributed by atoms with Crippen LogP contribution >= 0.6 is 15.9 Å². The number of aromatic carboxylic acids is 1. The van der Waals surface area contributed by atoms with Gasteiger partial charge in [-0.3, -0.25) is 0 Å². The number of carboxylic acids is 1. The van der Waals surface area contributed by atoms with Crippen LogP contribution < -0.4 is 0 Å². The van der Waals surface area contributed by atoms with Crippen LogP contribution in [0.1, 0.15) is 15.9 Å². The second-order valence-corrected chi connectivity index (χ2v) is 3.98. The van der Waals surface area contributed by atoms with Gasteiger partial charge < -0.3 is 10.1 Å². The third-order valence-electron chi connectivity index (χ3n) is 2.21. The van der Waals surface area contributed by atoms with Crippen molar-refractivity contribution in [1.29, 1.82) is 0 Å². The lowest BCUT2D eigenvalue weighted by Gasteiger charge is -2.00. The van der Waals surface area contributed by atoms with Gasteiger partial charge in [-0.05, 0) is 24.6 Å². The van der Waals surface area contributed by atoms with Gasteiger partial charge in [-0.15, -0.1) is 0 Å². The Bertz CT molecular complexity index is 516. The fourth-order valence-electron chi connectivity index (χ4n) is 1.54. The molecule has 0 unspecified atom stereocenters. The second-order valence-electron chi connectivity index (χ2n) is 3.12. The Morgan fingerprint density at radius 3 is 2.86 bits per heavy atom. The van der Waals surface area contributed by atoms with E-state index in [1.54, 1.807) is 12.1 Å². The third-order valence-corrected chi connectivity index (χ3v) is 2.87. The van der Waals surface area contributed by atoms with Crippen molar-refractivity contribution in [3.8, 4) is 0 Å². The minimum Gasteiger partial charge on any atom is -0.478 e. The van der Waals surface area contributed by atoms with Crippen LogP contribution in [-0.2, 0) is 0 Å². The van der Waals surface area contributed by atoms with E-state index in [9.17, 15) is 4.79 Å². The normalized spacial score (nSPS) is 10.7. The Labute approximate surface area is 88.9 Å². The molecule has 3 nitrogen and oxygen atoms in total. The zero-order valence-corrected chi connectivity index (χ0v) is 9.05. The van der Waals surface area contributed by atoms with Crippen LogP contribution in [0.5, 0.6) is 0 Å². The molecule has 0 aliphatic rings. The predicted octanol–water partition coefficient (Wildman–Crippen LogP) is 2.94. The van der Waals surface area contributed by atoms with Crippen molar-refractivity contribution in [2.45, 2.75) is 6.92 Å². The molecule has 2 aromatic rings. The zero-order chi connectivity index (χ0) is 10.3. The molecule has 1 aromatic carbocycles. The van der Waals surface area contributed by atoms with Gasteiger partial charge >= 0.3 is 5.97 Å². The Morgan fingerprint density at radius 2 is 2.21 bits per heavy atom. The Balaban J connectivity index is 2.90. The van der Waals surface area contributed by atoms with Crippen LogP contribution in [0.4, 0.5) is 0 Å². The maximum atomic E-state index is 10.9. The fraction of sp³-hybridized carbons (Fsp3) is 0.100. The highest BCUT2D eigenvalue weighted by molar-refractivity contribution is 9.10. The summed E-state index contributed by atoms with van der Waals surface area (Å²) in [5, 5.41) is 9.88. The third kappa shape index (κ3) is 1.23. The molecule has 72 valence electrons. The molecule has 14 heavy (non-hydrogen) atoms. The summed E-state index contributed by atoms with van der Waals surface area (Å²) >= 11 is 3.40. The van der Waals surface area contributed by atoms with Gasteiger partial charge in [0.25, 0.3) is 0 Å². The van der Waals surface area contributed by atoms with E-state index >= 15 is 0 Å². The average molecular weight is 254 g/mol. The molecule has 1 aromatic heterocycles. The minimum absolute atomic E-state index is 0.302. The first-order chi connectivity index (χ1) is 6.61. The van der Waals surface area contributed by atoms with Gasteiger partial charge in [0.05, 0.1) is 11.1 Å². The Hall–Kier alpha value is -1.29. The molecule has 0 amide bonds. The van der Waals surface area contributed by atoms with Crippen molar-refractivity contribution in [2.24, 2.45) is 0 Å². The lowest BCUT2D eigenvalue weighted by Crippen LogP contribution is -1.97. The molecule has 0 saturated heterocycles. The van der Waals surface area contributed by atoms with Gasteiger partial charge in [-0.25, -0.2) is 4.79 Å². The van der Waals surface area contributed by atoms with Crippen molar-refractivity contribution in [1.82, 2.24) is 4.98 Å². The van der Waals surface area contributed by atoms with Gasteiger partial charge in [0.1, 0.15) is 0 Å². The van der Waals surface area contributed by atoms with Gasteiger partial charge in [0.15, 0.2) is 0 Å². The molecule has 0 fully saturated rings. The number of aromatic nitrogens is 1. The summed E-state index contributed by atoms with van der Waals surface area (Å²) in [5.74, 6) is -0.913.